The Morgan fingerprint density at radius 3 is 2.74 bits per heavy atom. The second kappa shape index (κ2) is 5.14. The molecule has 0 aromatic carbocycles. The van der Waals surface area contributed by atoms with Crippen molar-refractivity contribution in [3.63, 3.8) is 0 Å². The van der Waals surface area contributed by atoms with E-state index in [2.05, 4.69) is 21.5 Å². The summed E-state index contributed by atoms with van der Waals surface area (Å²) in [7, 11) is 0. The van der Waals surface area contributed by atoms with Crippen molar-refractivity contribution < 1.29 is 0 Å². The number of hydrogen-bond acceptors (Lipinski definition) is 2. The maximum atomic E-state index is 6.15. The van der Waals surface area contributed by atoms with E-state index in [1.807, 2.05) is 6.07 Å². The van der Waals surface area contributed by atoms with E-state index in [1.54, 1.807) is 6.07 Å². The van der Waals surface area contributed by atoms with Gasteiger partial charge in [0.1, 0.15) is 16.1 Å². The van der Waals surface area contributed by atoms with Crippen LogP contribution < -0.4 is 0 Å². The van der Waals surface area contributed by atoms with Crippen molar-refractivity contribution in [1.29, 1.82) is 0 Å². The molecular formula is C14H15Cl2N3. The molecule has 5 heteroatoms. The van der Waals surface area contributed by atoms with E-state index in [0.29, 0.717) is 10.3 Å². The Labute approximate surface area is 122 Å². The van der Waals surface area contributed by atoms with E-state index in [1.165, 1.54) is 24.2 Å². The molecule has 3 nitrogen and oxygen atoms in total. The molecule has 3 rings (SSSR count). The third-order valence-corrected chi connectivity index (χ3v) is 4.18. The fraction of sp³-hybridized carbons (Fsp3) is 0.429. The zero-order chi connectivity index (χ0) is 13.4. The molecule has 2 aromatic heterocycles. The maximum absolute atomic E-state index is 6.15. The lowest BCUT2D eigenvalue weighted by Crippen LogP contribution is -2.10. The summed E-state index contributed by atoms with van der Waals surface area (Å²) in [6.45, 7) is 2.77. The van der Waals surface area contributed by atoms with Gasteiger partial charge >= 0.3 is 0 Å². The van der Waals surface area contributed by atoms with Crippen molar-refractivity contribution in [2.24, 2.45) is 0 Å². The lowest BCUT2D eigenvalue weighted by atomic mass is 10.0. The fourth-order valence-electron chi connectivity index (χ4n) is 2.67. The van der Waals surface area contributed by atoms with Gasteiger partial charge in [-0.05, 0) is 38.7 Å². The van der Waals surface area contributed by atoms with Crippen molar-refractivity contribution in [2.45, 2.75) is 39.2 Å². The summed E-state index contributed by atoms with van der Waals surface area (Å²) in [6.07, 6.45) is 4.68. The molecule has 0 fully saturated rings. The van der Waals surface area contributed by atoms with Gasteiger partial charge < -0.3 is 4.57 Å². The van der Waals surface area contributed by atoms with E-state index in [4.69, 9.17) is 23.2 Å². The molecule has 0 aliphatic heterocycles. The second-order valence-corrected chi connectivity index (χ2v) is 5.67. The Morgan fingerprint density at radius 1 is 1.16 bits per heavy atom. The number of pyridine rings is 1. The maximum Gasteiger partial charge on any atom is 0.135 e. The van der Waals surface area contributed by atoms with Gasteiger partial charge in [0.2, 0.25) is 0 Å². The molecule has 1 aliphatic rings. The van der Waals surface area contributed by atoms with E-state index in [0.717, 1.165) is 30.8 Å². The molecule has 0 atom stereocenters. The molecule has 0 saturated carbocycles. The Hall–Kier alpha value is -1.06. The minimum absolute atomic E-state index is 0.429. The Balaban J connectivity index is 1.97. The molecule has 0 bridgehead atoms. The number of nitrogens with zero attached hydrogens (tertiary/aromatic N) is 3. The predicted molar refractivity (Wildman–Crippen MR) is 77.0 cm³/mol. The van der Waals surface area contributed by atoms with Crippen LogP contribution >= 0.6 is 23.2 Å². The molecule has 0 spiro atoms. The van der Waals surface area contributed by atoms with Crippen LogP contribution in [-0.4, -0.2) is 14.5 Å². The van der Waals surface area contributed by atoms with Crippen LogP contribution in [0.1, 0.15) is 35.6 Å². The highest BCUT2D eigenvalue weighted by molar-refractivity contribution is 6.32. The van der Waals surface area contributed by atoms with Crippen LogP contribution in [0.3, 0.4) is 0 Å². The molecule has 0 radical (unpaired) electrons. The van der Waals surface area contributed by atoms with Crippen LogP contribution in [0.5, 0.6) is 0 Å². The molecular weight excluding hydrogens is 281 g/mol. The first kappa shape index (κ1) is 12.9. The normalized spacial score (nSPS) is 14.5. The zero-order valence-electron chi connectivity index (χ0n) is 10.8. The zero-order valence-corrected chi connectivity index (χ0v) is 12.3. The molecule has 0 amide bonds. The van der Waals surface area contributed by atoms with Crippen LogP contribution in [0, 0.1) is 6.92 Å². The highest BCUT2D eigenvalue weighted by Crippen LogP contribution is 2.25. The van der Waals surface area contributed by atoms with E-state index < -0.39 is 0 Å². The molecule has 19 heavy (non-hydrogen) atoms. The highest BCUT2D eigenvalue weighted by Gasteiger charge is 2.18. The van der Waals surface area contributed by atoms with Gasteiger partial charge in [-0.25, -0.2) is 9.97 Å². The summed E-state index contributed by atoms with van der Waals surface area (Å²) < 4.78 is 2.26. The summed E-state index contributed by atoms with van der Waals surface area (Å²) in [6, 6.07) is 3.72. The van der Waals surface area contributed by atoms with Crippen molar-refractivity contribution in [3.05, 3.63) is 45.2 Å². The average Bonchev–Trinajstić information content (AvgIpc) is 2.69. The number of aryl methyl sites for hydroxylation is 2. The number of hydrogen-bond donors (Lipinski definition) is 0. The quantitative estimate of drug-likeness (QED) is 0.789. The first-order valence-electron chi connectivity index (χ1n) is 6.51. The molecule has 100 valence electrons. The number of rotatable bonds is 2. The average molecular weight is 296 g/mol. The number of fused-ring (bicyclic) bond motifs is 1. The lowest BCUT2D eigenvalue weighted by Gasteiger charge is -2.15. The third kappa shape index (κ3) is 2.49. The summed E-state index contributed by atoms with van der Waals surface area (Å²) in [5.41, 5.74) is 3.59. The number of imidazole rings is 1. The molecule has 0 N–H and O–H groups in total. The predicted octanol–water partition coefficient (Wildman–Crippen LogP) is 3.82. The summed E-state index contributed by atoms with van der Waals surface area (Å²) >= 11 is 12.0. The SMILES string of the molecule is Cc1nc2c(n1Cc1ccc(Cl)nc1Cl)CCCC2. The molecule has 1 aliphatic carbocycles. The highest BCUT2D eigenvalue weighted by atomic mass is 35.5. The summed E-state index contributed by atoms with van der Waals surface area (Å²) in [5.74, 6) is 1.05. The van der Waals surface area contributed by atoms with Gasteiger partial charge in [0.25, 0.3) is 0 Å². The van der Waals surface area contributed by atoms with Gasteiger partial charge in [-0.1, -0.05) is 29.3 Å². The van der Waals surface area contributed by atoms with Crippen LogP contribution in [-0.2, 0) is 19.4 Å². The Bertz CT molecular complexity index is 619. The van der Waals surface area contributed by atoms with Gasteiger partial charge in [-0.3, -0.25) is 0 Å². The van der Waals surface area contributed by atoms with Crippen LogP contribution in [0.25, 0.3) is 0 Å². The lowest BCUT2D eigenvalue weighted by molar-refractivity contribution is 0.624. The van der Waals surface area contributed by atoms with Crippen molar-refractivity contribution in [3.8, 4) is 0 Å². The van der Waals surface area contributed by atoms with Gasteiger partial charge in [-0.15, -0.1) is 0 Å². The van der Waals surface area contributed by atoms with Crippen LogP contribution in [0.2, 0.25) is 10.3 Å². The first-order valence-corrected chi connectivity index (χ1v) is 7.26. The smallest absolute Gasteiger partial charge is 0.135 e. The standard InChI is InChI=1S/C14H15Cl2N3/c1-9-17-11-4-2-3-5-12(11)19(9)8-10-6-7-13(15)18-14(10)16/h6-7H,2-5,8H2,1H3. The van der Waals surface area contributed by atoms with Crippen molar-refractivity contribution >= 4 is 23.2 Å². The van der Waals surface area contributed by atoms with Crippen molar-refractivity contribution in [2.75, 3.05) is 0 Å². The van der Waals surface area contributed by atoms with E-state index >= 15 is 0 Å². The third-order valence-electron chi connectivity index (χ3n) is 3.64. The van der Waals surface area contributed by atoms with Crippen molar-refractivity contribution in [1.82, 2.24) is 14.5 Å². The number of aromatic nitrogens is 3. The fourth-order valence-corrected chi connectivity index (χ4v) is 3.08. The number of halogens is 2. The topological polar surface area (TPSA) is 30.7 Å². The van der Waals surface area contributed by atoms with E-state index in [9.17, 15) is 0 Å². The van der Waals surface area contributed by atoms with Gasteiger partial charge in [0, 0.05) is 11.3 Å². The van der Waals surface area contributed by atoms with E-state index in [-0.39, 0.29) is 0 Å². The Morgan fingerprint density at radius 2 is 1.95 bits per heavy atom. The van der Waals surface area contributed by atoms with Gasteiger partial charge in [0.15, 0.2) is 0 Å². The van der Waals surface area contributed by atoms with Gasteiger partial charge in [0.05, 0.1) is 12.2 Å². The molecule has 2 aromatic rings. The first-order chi connectivity index (χ1) is 9.15. The van der Waals surface area contributed by atoms with Gasteiger partial charge in [-0.2, -0.15) is 0 Å². The van der Waals surface area contributed by atoms with Crippen LogP contribution in [0.4, 0.5) is 0 Å². The van der Waals surface area contributed by atoms with Crippen LogP contribution in [0.15, 0.2) is 12.1 Å². The molecule has 0 saturated heterocycles. The summed E-state index contributed by atoms with van der Waals surface area (Å²) in [5, 5.41) is 0.906. The Kier molecular flexibility index (Phi) is 3.50. The second-order valence-electron chi connectivity index (χ2n) is 4.93. The summed E-state index contributed by atoms with van der Waals surface area (Å²) in [4.78, 5) is 8.76. The largest absolute Gasteiger partial charge is 0.327 e. The molecule has 0 unspecified atom stereocenters. The monoisotopic (exact) mass is 295 g/mol. The molecule has 2 heterocycles. The minimum Gasteiger partial charge on any atom is -0.327 e. The minimum atomic E-state index is 0.429.